The van der Waals surface area contributed by atoms with Crippen molar-refractivity contribution in [2.24, 2.45) is 0 Å². The lowest BCUT2D eigenvalue weighted by atomic mass is 10.8. The molecule has 0 bridgehead atoms. The zero-order valence-electron chi connectivity index (χ0n) is 6.31. The van der Waals surface area contributed by atoms with Gasteiger partial charge in [0.15, 0.2) is 0 Å². The van der Waals surface area contributed by atoms with Crippen LogP contribution < -0.4 is 5.32 Å². The van der Waals surface area contributed by atoms with Crippen molar-refractivity contribution in [3.63, 3.8) is 0 Å². The summed E-state index contributed by atoms with van der Waals surface area (Å²) in [6.45, 7) is 8.10. The maximum absolute atomic E-state index is 3.86. The van der Waals surface area contributed by atoms with Gasteiger partial charge in [-0.3, -0.25) is 0 Å². The molecule has 1 atom stereocenters. The Morgan fingerprint density at radius 1 is 1.67 bits per heavy atom. The second-order valence-corrected chi connectivity index (χ2v) is 4.23. The fourth-order valence-corrected chi connectivity index (χ4v) is 0.941. The van der Waals surface area contributed by atoms with E-state index < -0.39 is 0 Å². The Kier molecular flexibility index (Phi) is 4.43. The zero-order valence-corrected chi connectivity index (χ0v) is 7.20. The Bertz CT molecular complexity index is 118. The fourth-order valence-electron chi connectivity index (χ4n) is 0.314. The third-order valence-corrected chi connectivity index (χ3v) is 2.87. The average molecular weight is 143 g/mol. The molecule has 1 N–H and O–H groups in total. The van der Waals surface area contributed by atoms with E-state index in [1.165, 1.54) is 5.31 Å². The first-order valence-corrected chi connectivity index (χ1v) is 4.76. The Morgan fingerprint density at radius 2 is 2.22 bits per heavy atom. The van der Waals surface area contributed by atoms with Crippen LogP contribution in [0.1, 0.15) is 6.92 Å². The summed E-state index contributed by atoms with van der Waals surface area (Å²) in [5.41, 5.74) is 0. The summed E-state index contributed by atoms with van der Waals surface area (Å²) in [4.78, 5) is 0. The first-order valence-electron chi connectivity index (χ1n) is 2.90. The molecule has 0 fully saturated rings. The standard InChI is InChI=1S/C7H14NP/c1-7(2)9(4)6-5-8-3/h5-6,8H,1H2,2-4H3/b6-5+. The minimum atomic E-state index is -0.0829. The van der Waals surface area contributed by atoms with E-state index in [2.05, 4.69) is 31.3 Å². The molecule has 0 rings (SSSR count). The van der Waals surface area contributed by atoms with Crippen LogP contribution in [0.2, 0.25) is 0 Å². The van der Waals surface area contributed by atoms with E-state index in [1.54, 1.807) is 0 Å². The highest BCUT2D eigenvalue weighted by atomic mass is 31.1. The number of hydrogen-bond acceptors (Lipinski definition) is 1. The molecule has 0 aromatic rings. The molecule has 0 radical (unpaired) electrons. The van der Waals surface area contributed by atoms with E-state index in [-0.39, 0.29) is 7.92 Å². The fraction of sp³-hybridized carbons (Fsp3) is 0.429. The van der Waals surface area contributed by atoms with E-state index in [0.717, 1.165) is 0 Å². The molecule has 0 aliphatic rings. The molecule has 2 heteroatoms. The van der Waals surface area contributed by atoms with Gasteiger partial charge in [0.05, 0.1) is 0 Å². The highest BCUT2D eigenvalue weighted by Gasteiger charge is 1.92. The van der Waals surface area contributed by atoms with Crippen molar-refractivity contribution in [3.8, 4) is 0 Å². The van der Waals surface area contributed by atoms with Gasteiger partial charge in [0, 0.05) is 7.05 Å². The van der Waals surface area contributed by atoms with Gasteiger partial charge < -0.3 is 5.32 Å². The lowest BCUT2D eigenvalue weighted by Gasteiger charge is -2.03. The van der Waals surface area contributed by atoms with Crippen molar-refractivity contribution in [3.05, 3.63) is 23.9 Å². The number of nitrogens with one attached hydrogen (secondary N) is 1. The molecule has 0 aliphatic heterocycles. The molecule has 0 aromatic carbocycles. The van der Waals surface area contributed by atoms with Gasteiger partial charge in [0.1, 0.15) is 0 Å². The molecule has 0 heterocycles. The van der Waals surface area contributed by atoms with E-state index in [1.807, 2.05) is 13.2 Å². The first-order chi connectivity index (χ1) is 4.18. The Morgan fingerprint density at radius 3 is 2.56 bits per heavy atom. The average Bonchev–Trinajstić information content (AvgIpc) is 1.82. The number of rotatable bonds is 3. The van der Waals surface area contributed by atoms with Crippen LogP contribution in [0.3, 0.4) is 0 Å². The second-order valence-electron chi connectivity index (χ2n) is 1.95. The molecule has 1 nitrogen and oxygen atoms in total. The molecule has 0 aliphatic carbocycles. The van der Waals surface area contributed by atoms with Crippen LogP contribution in [0, 0.1) is 0 Å². The normalized spacial score (nSPS) is 13.7. The van der Waals surface area contributed by atoms with Crippen LogP contribution in [0.5, 0.6) is 0 Å². The van der Waals surface area contributed by atoms with Gasteiger partial charge in [-0.05, 0) is 25.6 Å². The summed E-state index contributed by atoms with van der Waals surface area (Å²) in [6, 6.07) is 0. The van der Waals surface area contributed by atoms with E-state index in [0.29, 0.717) is 0 Å². The van der Waals surface area contributed by atoms with E-state index >= 15 is 0 Å². The van der Waals surface area contributed by atoms with Gasteiger partial charge in [0.25, 0.3) is 0 Å². The van der Waals surface area contributed by atoms with Crippen molar-refractivity contribution >= 4 is 7.92 Å². The number of hydrogen-bond donors (Lipinski definition) is 1. The lowest BCUT2D eigenvalue weighted by Crippen LogP contribution is -1.90. The van der Waals surface area contributed by atoms with Gasteiger partial charge >= 0.3 is 0 Å². The van der Waals surface area contributed by atoms with Crippen LogP contribution in [0.25, 0.3) is 0 Å². The summed E-state index contributed by atoms with van der Waals surface area (Å²) < 4.78 is 0. The molecular formula is C7H14NP. The van der Waals surface area contributed by atoms with Gasteiger partial charge in [0.2, 0.25) is 0 Å². The lowest BCUT2D eigenvalue weighted by molar-refractivity contribution is 1.11. The molecule has 0 spiro atoms. The van der Waals surface area contributed by atoms with Gasteiger partial charge in [-0.1, -0.05) is 19.8 Å². The molecule has 1 unspecified atom stereocenters. The van der Waals surface area contributed by atoms with Crippen LogP contribution in [0.4, 0.5) is 0 Å². The third kappa shape index (κ3) is 4.23. The maximum Gasteiger partial charge on any atom is 0.00277 e. The molecule has 0 saturated heterocycles. The summed E-state index contributed by atoms with van der Waals surface area (Å²) in [6.07, 6.45) is 1.96. The van der Waals surface area contributed by atoms with Crippen LogP contribution >= 0.6 is 7.92 Å². The summed E-state index contributed by atoms with van der Waals surface area (Å²) in [5, 5.41) is 4.21. The molecular weight excluding hydrogens is 129 g/mol. The predicted octanol–water partition coefficient (Wildman–Crippen LogP) is 2.32. The highest BCUT2D eigenvalue weighted by Crippen LogP contribution is 2.39. The van der Waals surface area contributed by atoms with Crippen molar-refractivity contribution in [1.82, 2.24) is 5.32 Å². The topological polar surface area (TPSA) is 12.0 Å². The molecule has 9 heavy (non-hydrogen) atoms. The Balaban J connectivity index is 3.62. The van der Waals surface area contributed by atoms with Crippen LogP contribution in [-0.2, 0) is 0 Å². The first kappa shape index (κ1) is 8.71. The molecule has 52 valence electrons. The highest BCUT2D eigenvalue weighted by molar-refractivity contribution is 7.64. The second kappa shape index (κ2) is 4.58. The Labute approximate surface area is 58.6 Å². The largest absolute Gasteiger partial charge is 0.394 e. The Hall–Kier alpha value is -0.290. The quantitative estimate of drug-likeness (QED) is 0.598. The van der Waals surface area contributed by atoms with Crippen LogP contribution in [-0.4, -0.2) is 13.7 Å². The SMILES string of the molecule is C=C(C)P(C)/C=C/NC. The maximum atomic E-state index is 3.86. The van der Waals surface area contributed by atoms with Crippen molar-refractivity contribution in [1.29, 1.82) is 0 Å². The summed E-state index contributed by atoms with van der Waals surface area (Å²) in [5.74, 6) is 2.15. The van der Waals surface area contributed by atoms with Gasteiger partial charge in [-0.2, -0.15) is 0 Å². The monoisotopic (exact) mass is 143 g/mol. The summed E-state index contributed by atoms with van der Waals surface area (Å²) in [7, 11) is 1.82. The van der Waals surface area contributed by atoms with Crippen molar-refractivity contribution in [2.75, 3.05) is 13.7 Å². The minimum absolute atomic E-state index is 0.0829. The predicted molar refractivity (Wildman–Crippen MR) is 45.9 cm³/mol. The van der Waals surface area contributed by atoms with Crippen molar-refractivity contribution in [2.45, 2.75) is 6.92 Å². The third-order valence-electron chi connectivity index (χ3n) is 1.07. The van der Waals surface area contributed by atoms with Crippen molar-refractivity contribution < 1.29 is 0 Å². The molecule has 0 amide bonds. The van der Waals surface area contributed by atoms with Gasteiger partial charge in [-0.15, -0.1) is 0 Å². The zero-order chi connectivity index (χ0) is 7.28. The minimum Gasteiger partial charge on any atom is -0.394 e. The van der Waals surface area contributed by atoms with E-state index in [4.69, 9.17) is 0 Å². The van der Waals surface area contributed by atoms with E-state index in [9.17, 15) is 0 Å². The van der Waals surface area contributed by atoms with Gasteiger partial charge in [-0.25, -0.2) is 0 Å². The molecule has 0 saturated carbocycles. The summed E-state index contributed by atoms with van der Waals surface area (Å²) >= 11 is 0. The van der Waals surface area contributed by atoms with Crippen LogP contribution in [0.15, 0.2) is 23.9 Å². The smallest absolute Gasteiger partial charge is 0.00277 e. The molecule has 0 aromatic heterocycles. The number of allylic oxidation sites excluding steroid dienone is 1.